The fraction of sp³-hybridized carbons (Fsp3) is 0.800. The highest BCUT2D eigenvalue weighted by molar-refractivity contribution is 5.24. The van der Waals surface area contributed by atoms with Gasteiger partial charge in [0, 0.05) is 43.9 Å². The molecule has 4 nitrogen and oxygen atoms in total. The van der Waals surface area contributed by atoms with Gasteiger partial charge in [-0.2, -0.15) is 5.10 Å². The van der Waals surface area contributed by atoms with Crippen molar-refractivity contribution in [2.24, 2.45) is 7.05 Å². The maximum Gasteiger partial charge on any atom is 0.0724 e. The molecule has 0 amide bonds. The lowest BCUT2D eigenvalue weighted by Gasteiger charge is -2.21. The highest BCUT2D eigenvalue weighted by atomic mass is 16.5. The van der Waals surface area contributed by atoms with E-state index in [1.54, 1.807) is 0 Å². The number of nitrogens with one attached hydrogen (secondary N) is 1. The second kappa shape index (κ2) is 5.63. The minimum absolute atomic E-state index is 0.0919. The van der Waals surface area contributed by atoms with Gasteiger partial charge in [-0.1, -0.05) is 20.8 Å². The maximum absolute atomic E-state index is 5.53. The molecule has 0 bridgehead atoms. The Balaban J connectivity index is 2.03. The predicted molar refractivity (Wildman–Crippen MR) is 77.2 cm³/mol. The van der Waals surface area contributed by atoms with Gasteiger partial charge in [-0.05, 0) is 19.3 Å². The third kappa shape index (κ3) is 3.37. The van der Waals surface area contributed by atoms with E-state index in [1.807, 2.05) is 18.8 Å². The molecule has 4 heteroatoms. The standard InChI is InChI=1S/C15H27N3O/c1-15(2,3)14-11(10-18(4)17-14)9-16-12-7-6-8-13(12)19-5/h10,12-13,16H,6-9H2,1-5H3. The lowest BCUT2D eigenvalue weighted by molar-refractivity contribution is 0.0847. The van der Waals surface area contributed by atoms with E-state index in [0.717, 1.165) is 6.54 Å². The lowest BCUT2D eigenvalue weighted by atomic mass is 9.89. The number of aryl methyl sites for hydroxylation is 1. The summed E-state index contributed by atoms with van der Waals surface area (Å²) in [6.45, 7) is 7.52. The summed E-state index contributed by atoms with van der Waals surface area (Å²) in [6, 6.07) is 0.484. The van der Waals surface area contributed by atoms with Gasteiger partial charge in [-0.3, -0.25) is 4.68 Å². The monoisotopic (exact) mass is 265 g/mol. The Kier molecular flexibility index (Phi) is 4.31. The normalized spacial score (nSPS) is 24.1. The van der Waals surface area contributed by atoms with E-state index in [2.05, 4.69) is 37.4 Å². The molecule has 2 unspecified atom stereocenters. The van der Waals surface area contributed by atoms with Gasteiger partial charge < -0.3 is 10.1 Å². The molecule has 19 heavy (non-hydrogen) atoms. The molecule has 1 saturated carbocycles. The van der Waals surface area contributed by atoms with E-state index in [-0.39, 0.29) is 5.41 Å². The minimum Gasteiger partial charge on any atom is -0.380 e. The van der Waals surface area contributed by atoms with Crippen LogP contribution < -0.4 is 5.32 Å². The Bertz CT molecular complexity index is 420. The third-order valence-corrected chi connectivity index (χ3v) is 3.92. The fourth-order valence-corrected chi connectivity index (χ4v) is 2.98. The van der Waals surface area contributed by atoms with Crippen molar-refractivity contribution in [2.45, 2.75) is 64.1 Å². The Labute approximate surface area is 116 Å². The van der Waals surface area contributed by atoms with Gasteiger partial charge in [0.15, 0.2) is 0 Å². The first-order valence-corrected chi connectivity index (χ1v) is 7.21. The number of hydrogen-bond donors (Lipinski definition) is 1. The molecule has 1 aliphatic carbocycles. The summed E-state index contributed by atoms with van der Waals surface area (Å²) in [5, 5.41) is 8.26. The van der Waals surface area contributed by atoms with Crippen molar-refractivity contribution in [2.75, 3.05) is 7.11 Å². The molecular weight excluding hydrogens is 238 g/mol. The number of nitrogens with zero attached hydrogens (tertiary/aromatic N) is 2. The van der Waals surface area contributed by atoms with Gasteiger partial charge in [-0.25, -0.2) is 0 Å². The van der Waals surface area contributed by atoms with Crippen LogP contribution in [0, 0.1) is 0 Å². The molecule has 0 radical (unpaired) electrons. The number of hydrogen-bond acceptors (Lipinski definition) is 3. The van der Waals surface area contributed by atoms with Crippen LogP contribution in [-0.4, -0.2) is 29.0 Å². The first kappa shape index (κ1) is 14.5. The molecule has 0 saturated heterocycles. The van der Waals surface area contributed by atoms with Crippen LogP contribution >= 0.6 is 0 Å². The Morgan fingerprint density at radius 1 is 1.42 bits per heavy atom. The van der Waals surface area contributed by atoms with Crippen LogP contribution in [0.25, 0.3) is 0 Å². The summed E-state index contributed by atoms with van der Waals surface area (Å²) < 4.78 is 7.45. The minimum atomic E-state index is 0.0919. The van der Waals surface area contributed by atoms with Crippen LogP contribution in [0.1, 0.15) is 51.3 Å². The van der Waals surface area contributed by atoms with E-state index in [4.69, 9.17) is 4.74 Å². The van der Waals surface area contributed by atoms with Crippen LogP contribution in [0.15, 0.2) is 6.20 Å². The number of methoxy groups -OCH3 is 1. The summed E-state index contributed by atoms with van der Waals surface area (Å²) in [7, 11) is 3.81. The Morgan fingerprint density at radius 3 is 2.79 bits per heavy atom. The van der Waals surface area contributed by atoms with Crippen LogP contribution in [-0.2, 0) is 23.7 Å². The average molecular weight is 265 g/mol. The van der Waals surface area contributed by atoms with Crippen molar-refractivity contribution >= 4 is 0 Å². The molecule has 0 aromatic carbocycles. The summed E-state index contributed by atoms with van der Waals surface area (Å²) in [5.74, 6) is 0. The largest absolute Gasteiger partial charge is 0.380 e. The van der Waals surface area contributed by atoms with Gasteiger partial charge in [0.2, 0.25) is 0 Å². The Morgan fingerprint density at radius 2 is 2.16 bits per heavy atom. The van der Waals surface area contributed by atoms with Crippen molar-refractivity contribution in [1.29, 1.82) is 0 Å². The van der Waals surface area contributed by atoms with Crippen LogP contribution in [0.3, 0.4) is 0 Å². The second-order valence-corrected chi connectivity index (χ2v) is 6.62. The third-order valence-electron chi connectivity index (χ3n) is 3.92. The zero-order valence-electron chi connectivity index (χ0n) is 12.9. The predicted octanol–water partition coefficient (Wildman–Crippen LogP) is 2.37. The summed E-state index contributed by atoms with van der Waals surface area (Å²) in [5.41, 5.74) is 2.58. The van der Waals surface area contributed by atoms with Crippen molar-refractivity contribution in [3.05, 3.63) is 17.5 Å². The molecule has 1 heterocycles. The van der Waals surface area contributed by atoms with Crippen LogP contribution in [0.4, 0.5) is 0 Å². The molecule has 0 aliphatic heterocycles. The first-order valence-electron chi connectivity index (χ1n) is 7.21. The zero-order chi connectivity index (χ0) is 14.0. The van der Waals surface area contributed by atoms with Crippen LogP contribution in [0.2, 0.25) is 0 Å². The summed E-state index contributed by atoms with van der Waals surface area (Å²) in [4.78, 5) is 0. The van der Waals surface area contributed by atoms with E-state index in [9.17, 15) is 0 Å². The fourth-order valence-electron chi connectivity index (χ4n) is 2.98. The molecular formula is C15H27N3O. The summed E-state index contributed by atoms with van der Waals surface area (Å²) in [6.07, 6.45) is 6.14. The molecule has 108 valence electrons. The van der Waals surface area contributed by atoms with Gasteiger partial charge >= 0.3 is 0 Å². The van der Waals surface area contributed by atoms with Gasteiger partial charge in [0.25, 0.3) is 0 Å². The second-order valence-electron chi connectivity index (χ2n) is 6.62. The van der Waals surface area contributed by atoms with E-state index in [0.29, 0.717) is 12.1 Å². The summed E-state index contributed by atoms with van der Waals surface area (Å²) >= 11 is 0. The molecule has 2 rings (SSSR count). The smallest absolute Gasteiger partial charge is 0.0724 e. The van der Waals surface area contributed by atoms with E-state index < -0.39 is 0 Å². The SMILES string of the molecule is COC1CCCC1NCc1cn(C)nc1C(C)(C)C. The van der Waals surface area contributed by atoms with Crippen molar-refractivity contribution in [3.63, 3.8) is 0 Å². The van der Waals surface area contributed by atoms with Crippen LogP contribution in [0.5, 0.6) is 0 Å². The van der Waals surface area contributed by atoms with Gasteiger partial charge in [0.1, 0.15) is 0 Å². The van der Waals surface area contributed by atoms with Crippen molar-refractivity contribution < 1.29 is 4.74 Å². The molecule has 0 spiro atoms. The number of aromatic nitrogens is 2. The topological polar surface area (TPSA) is 39.1 Å². The first-order chi connectivity index (χ1) is 8.91. The Hall–Kier alpha value is -0.870. The van der Waals surface area contributed by atoms with Crippen molar-refractivity contribution in [1.82, 2.24) is 15.1 Å². The van der Waals surface area contributed by atoms with E-state index in [1.165, 1.54) is 30.5 Å². The van der Waals surface area contributed by atoms with Crippen molar-refractivity contribution in [3.8, 4) is 0 Å². The van der Waals surface area contributed by atoms with E-state index >= 15 is 0 Å². The zero-order valence-corrected chi connectivity index (χ0v) is 12.9. The number of rotatable bonds is 4. The molecule has 1 aromatic rings. The lowest BCUT2D eigenvalue weighted by Crippen LogP contribution is -2.36. The average Bonchev–Trinajstić information content (AvgIpc) is 2.91. The number of ether oxygens (including phenoxy) is 1. The highest BCUT2D eigenvalue weighted by Crippen LogP contribution is 2.25. The van der Waals surface area contributed by atoms with Gasteiger partial charge in [0.05, 0.1) is 11.8 Å². The van der Waals surface area contributed by atoms with Gasteiger partial charge in [-0.15, -0.1) is 0 Å². The molecule has 1 N–H and O–H groups in total. The molecule has 1 aliphatic rings. The quantitative estimate of drug-likeness (QED) is 0.908. The highest BCUT2D eigenvalue weighted by Gasteiger charge is 2.28. The molecule has 1 aromatic heterocycles. The maximum atomic E-state index is 5.53. The molecule has 2 atom stereocenters. The molecule has 1 fully saturated rings.